The SMILES string of the molecule is CS(=O)Nc1cccc(CCl)c1. The molecule has 12 heavy (non-hydrogen) atoms. The molecule has 66 valence electrons. The van der Waals surface area contributed by atoms with E-state index in [1.54, 1.807) is 6.26 Å². The normalized spacial score (nSPS) is 12.5. The number of hydrogen-bond donors (Lipinski definition) is 1. The first kappa shape index (κ1) is 9.55. The van der Waals surface area contributed by atoms with Gasteiger partial charge in [-0.15, -0.1) is 11.6 Å². The molecule has 0 bridgehead atoms. The van der Waals surface area contributed by atoms with Gasteiger partial charge in [-0.3, -0.25) is 0 Å². The summed E-state index contributed by atoms with van der Waals surface area (Å²) in [6.45, 7) is 0. The minimum atomic E-state index is -1.02. The highest BCUT2D eigenvalue weighted by Gasteiger charge is 1.94. The molecule has 4 heteroatoms. The van der Waals surface area contributed by atoms with E-state index in [1.807, 2.05) is 24.3 Å². The van der Waals surface area contributed by atoms with Crippen molar-refractivity contribution in [1.82, 2.24) is 0 Å². The van der Waals surface area contributed by atoms with Crippen LogP contribution in [0.2, 0.25) is 0 Å². The second-order valence-corrected chi connectivity index (χ2v) is 3.77. The van der Waals surface area contributed by atoms with Gasteiger partial charge in [0.25, 0.3) is 0 Å². The van der Waals surface area contributed by atoms with Gasteiger partial charge < -0.3 is 4.72 Å². The van der Waals surface area contributed by atoms with E-state index in [0.29, 0.717) is 5.88 Å². The summed E-state index contributed by atoms with van der Waals surface area (Å²) in [5.74, 6) is 0.478. The van der Waals surface area contributed by atoms with Gasteiger partial charge in [-0.25, -0.2) is 4.21 Å². The monoisotopic (exact) mass is 203 g/mol. The Kier molecular flexibility index (Phi) is 3.56. The topological polar surface area (TPSA) is 29.1 Å². The number of hydrogen-bond acceptors (Lipinski definition) is 1. The van der Waals surface area contributed by atoms with Crippen LogP contribution >= 0.6 is 11.6 Å². The number of halogens is 1. The predicted octanol–water partition coefficient (Wildman–Crippen LogP) is 2.13. The first-order valence-corrected chi connectivity index (χ1v) is 5.56. The molecule has 0 fully saturated rings. The Hall–Kier alpha value is -0.540. The van der Waals surface area contributed by atoms with Crippen LogP contribution in [0.5, 0.6) is 0 Å². The maximum atomic E-state index is 10.8. The van der Waals surface area contributed by atoms with Crippen molar-refractivity contribution in [3.05, 3.63) is 29.8 Å². The third kappa shape index (κ3) is 2.83. The Morgan fingerprint density at radius 2 is 2.33 bits per heavy atom. The molecule has 0 heterocycles. The lowest BCUT2D eigenvalue weighted by Crippen LogP contribution is -2.00. The van der Waals surface area contributed by atoms with E-state index < -0.39 is 11.0 Å². The molecule has 0 aliphatic heterocycles. The molecule has 0 aliphatic carbocycles. The first-order valence-electron chi connectivity index (χ1n) is 3.47. The molecule has 1 unspecified atom stereocenters. The number of rotatable bonds is 3. The standard InChI is InChI=1S/C8H10ClNOS/c1-12(11)10-8-4-2-3-7(5-8)6-9/h2-5,10H,6H2,1H3. The van der Waals surface area contributed by atoms with Gasteiger partial charge >= 0.3 is 0 Å². The van der Waals surface area contributed by atoms with Crippen molar-refractivity contribution >= 4 is 28.3 Å². The lowest BCUT2D eigenvalue weighted by molar-refractivity contribution is 0.690. The van der Waals surface area contributed by atoms with E-state index in [0.717, 1.165) is 11.3 Å². The molecule has 1 N–H and O–H groups in total. The average molecular weight is 204 g/mol. The predicted molar refractivity (Wildman–Crippen MR) is 53.7 cm³/mol. The number of alkyl halides is 1. The molecule has 0 saturated carbocycles. The van der Waals surface area contributed by atoms with Gasteiger partial charge in [-0.2, -0.15) is 0 Å². The fourth-order valence-electron chi connectivity index (χ4n) is 0.884. The largest absolute Gasteiger partial charge is 0.305 e. The van der Waals surface area contributed by atoms with Crippen molar-refractivity contribution in [2.45, 2.75) is 5.88 Å². The summed E-state index contributed by atoms with van der Waals surface area (Å²) < 4.78 is 13.6. The maximum absolute atomic E-state index is 10.8. The molecule has 0 saturated heterocycles. The molecular weight excluding hydrogens is 194 g/mol. The molecule has 1 rings (SSSR count). The Labute approximate surface area is 79.5 Å². The van der Waals surface area contributed by atoms with Crippen LogP contribution in [-0.4, -0.2) is 10.5 Å². The summed E-state index contributed by atoms with van der Waals surface area (Å²) >= 11 is 5.63. The van der Waals surface area contributed by atoms with Gasteiger partial charge in [0.05, 0.1) is 0 Å². The van der Waals surface area contributed by atoms with Crippen molar-refractivity contribution in [3.8, 4) is 0 Å². The summed E-state index contributed by atoms with van der Waals surface area (Å²) in [5.41, 5.74) is 1.86. The van der Waals surface area contributed by atoms with Crippen LogP contribution in [0, 0.1) is 0 Å². The third-order valence-electron chi connectivity index (χ3n) is 1.34. The highest BCUT2D eigenvalue weighted by atomic mass is 35.5. The second kappa shape index (κ2) is 4.48. The summed E-state index contributed by atoms with van der Waals surface area (Å²) in [7, 11) is -1.02. The van der Waals surface area contributed by atoms with Crippen molar-refractivity contribution in [2.75, 3.05) is 11.0 Å². The average Bonchev–Trinajstić information content (AvgIpc) is 2.03. The maximum Gasteiger partial charge on any atom is 0.113 e. The van der Waals surface area contributed by atoms with Crippen LogP contribution in [0.3, 0.4) is 0 Å². The molecule has 0 spiro atoms. The minimum Gasteiger partial charge on any atom is -0.305 e. The fraction of sp³-hybridized carbons (Fsp3) is 0.250. The van der Waals surface area contributed by atoms with Crippen LogP contribution in [-0.2, 0) is 16.9 Å². The Morgan fingerprint density at radius 1 is 1.58 bits per heavy atom. The van der Waals surface area contributed by atoms with Crippen molar-refractivity contribution in [3.63, 3.8) is 0 Å². The summed E-state index contributed by atoms with van der Waals surface area (Å²) in [6, 6.07) is 7.55. The highest BCUT2D eigenvalue weighted by molar-refractivity contribution is 7.85. The van der Waals surface area contributed by atoms with Crippen LogP contribution < -0.4 is 4.72 Å². The smallest absolute Gasteiger partial charge is 0.113 e. The van der Waals surface area contributed by atoms with Crippen molar-refractivity contribution in [2.24, 2.45) is 0 Å². The summed E-state index contributed by atoms with van der Waals surface area (Å²) in [6.07, 6.45) is 1.59. The number of nitrogens with one attached hydrogen (secondary N) is 1. The van der Waals surface area contributed by atoms with E-state index in [9.17, 15) is 4.21 Å². The number of anilines is 1. The lowest BCUT2D eigenvalue weighted by Gasteiger charge is -2.02. The van der Waals surface area contributed by atoms with Gasteiger partial charge in [0.15, 0.2) is 0 Å². The molecule has 2 nitrogen and oxygen atoms in total. The molecule has 0 aliphatic rings. The first-order chi connectivity index (χ1) is 5.72. The van der Waals surface area contributed by atoms with Gasteiger partial charge in [-0.05, 0) is 17.7 Å². The van der Waals surface area contributed by atoms with Crippen LogP contribution in [0.4, 0.5) is 5.69 Å². The minimum absolute atomic E-state index is 0.478. The molecule has 0 amide bonds. The van der Waals surface area contributed by atoms with E-state index >= 15 is 0 Å². The van der Waals surface area contributed by atoms with Crippen LogP contribution in [0.1, 0.15) is 5.56 Å². The Bertz CT molecular complexity index is 290. The molecule has 1 aromatic rings. The van der Waals surface area contributed by atoms with E-state index in [-0.39, 0.29) is 0 Å². The molecule has 1 aromatic carbocycles. The summed E-state index contributed by atoms with van der Waals surface area (Å²) in [4.78, 5) is 0. The molecule has 0 radical (unpaired) electrons. The van der Waals surface area contributed by atoms with Gasteiger partial charge in [-0.1, -0.05) is 12.1 Å². The zero-order chi connectivity index (χ0) is 8.97. The quantitative estimate of drug-likeness (QED) is 0.750. The molecule has 0 aromatic heterocycles. The second-order valence-electron chi connectivity index (χ2n) is 2.39. The Morgan fingerprint density at radius 3 is 2.92 bits per heavy atom. The van der Waals surface area contributed by atoms with Gasteiger partial charge in [0.1, 0.15) is 11.0 Å². The zero-order valence-corrected chi connectivity index (χ0v) is 8.28. The van der Waals surface area contributed by atoms with E-state index in [1.165, 1.54) is 0 Å². The van der Waals surface area contributed by atoms with E-state index in [4.69, 9.17) is 11.6 Å². The van der Waals surface area contributed by atoms with Crippen molar-refractivity contribution < 1.29 is 4.21 Å². The summed E-state index contributed by atoms with van der Waals surface area (Å²) in [5, 5.41) is 0. The van der Waals surface area contributed by atoms with Crippen LogP contribution in [0.25, 0.3) is 0 Å². The lowest BCUT2D eigenvalue weighted by atomic mass is 10.2. The highest BCUT2D eigenvalue weighted by Crippen LogP contribution is 2.12. The van der Waals surface area contributed by atoms with Gasteiger partial charge in [0, 0.05) is 17.8 Å². The third-order valence-corrected chi connectivity index (χ3v) is 2.17. The fourth-order valence-corrected chi connectivity index (χ4v) is 1.51. The van der Waals surface area contributed by atoms with Crippen molar-refractivity contribution in [1.29, 1.82) is 0 Å². The molecule has 1 atom stereocenters. The molecular formula is C8H10ClNOS. The van der Waals surface area contributed by atoms with E-state index in [2.05, 4.69) is 4.72 Å². The van der Waals surface area contributed by atoms with Gasteiger partial charge in [0.2, 0.25) is 0 Å². The Balaban J connectivity index is 2.79. The van der Waals surface area contributed by atoms with Crippen LogP contribution in [0.15, 0.2) is 24.3 Å². The zero-order valence-electron chi connectivity index (χ0n) is 6.71. The number of benzene rings is 1.